The molecular weight excluding hydrogens is 476 g/mol. The fraction of sp³-hybridized carbons (Fsp3) is 0.960. The molecule has 0 saturated carbocycles. The maximum atomic E-state index is 10.2. The van der Waals surface area contributed by atoms with Gasteiger partial charge in [-0.25, -0.2) is 4.79 Å². The van der Waals surface area contributed by atoms with Crippen LogP contribution in [0.3, 0.4) is 0 Å². The quantitative estimate of drug-likeness (QED) is 0.104. The number of carboxylic acid groups (broad SMARTS) is 1. The van der Waals surface area contributed by atoms with E-state index in [1.807, 2.05) is 0 Å². The summed E-state index contributed by atoms with van der Waals surface area (Å²) in [4.78, 5) is 10.2. The van der Waals surface area contributed by atoms with Crippen LogP contribution in [-0.2, 0) is 38.0 Å². The number of aliphatic carboxylic acids is 1. The van der Waals surface area contributed by atoms with Crippen LogP contribution < -0.4 is 0 Å². The van der Waals surface area contributed by atoms with Crippen LogP contribution in [0.5, 0.6) is 0 Å². The summed E-state index contributed by atoms with van der Waals surface area (Å²) in [6, 6.07) is 0. The normalized spacial score (nSPS) is 11.3. The van der Waals surface area contributed by atoms with Gasteiger partial charge in [-0.2, -0.15) is 12.6 Å². The predicted octanol–water partition coefficient (Wildman–Crippen LogP) is 3.63. The molecule has 0 rings (SSSR count). The van der Waals surface area contributed by atoms with Gasteiger partial charge in [-0.1, -0.05) is 44.9 Å². The van der Waals surface area contributed by atoms with E-state index < -0.39 is 5.97 Å². The molecular formula is C25H50O9S. The van der Waals surface area contributed by atoms with E-state index in [1.54, 1.807) is 0 Å². The van der Waals surface area contributed by atoms with Crippen LogP contribution in [-0.4, -0.2) is 109 Å². The van der Waals surface area contributed by atoms with E-state index in [4.69, 9.17) is 38.3 Å². The van der Waals surface area contributed by atoms with Crippen LogP contribution in [0.4, 0.5) is 0 Å². The lowest BCUT2D eigenvalue weighted by Crippen LogP contribution is -2.15. The van der Waals surface area contributed by atoms with Gasteiger partial charge in [0.05, 0.1) is 79.3 Å². The maximum Gasteiger partial charge on any atom is 0.329 e. The molecule has 0 fully saturated rings. The van der Waals surface area contributed by atoms with Gasteiger partial charge in [0.1, 0.15) is 6.61 Å². The minimum atomic E-state index is -0.985. The van der Waals surface area contributed by atoms with Crippen molar-refractivity contribution in [1.29, 1.82) is 0 Å². The van der Waals surface area contributed by atoms with Gasteiger partial charge in [0.25, 0.3) is 0 Å². The molecule has 0 aromatic carbocycles. The highest BCUT2D eigenvalue weighted by atomic mass is 32.1. The Morgan fingerprint density at radius 3 is 1.06 bits per heavy atom. The zero-order chi connectivity index (χ0) is 25.5. The van der Waals surface area contributed by atoms with Crippen molar-refractivity contribution >= 4 is 18.6 Å². The number of hydrogen-bond acceptors (Lipinski definition) is 9. The van der Waals surface area contributed by atoms with Crippen molar-refractivity contribution in [3.63, 3.8) is 0 Å². The molecule has 9 nitrogen and oxygen atoms in total. The van der Waals surface area contributed by atoms with Gasteiger partial charge in [0, 0.05) is 6.61 Å². The molecule has 0 amide bonds. The molecule has 0 heterocycles. The van der Waals surface area contributed by atoms with E-state index in [2.05, 4.69) is 12.6 Å². The topological polar surface area (TPSA) is 102 Å². The summed E-state index contributed by atoms with van der Waals surface area (Å²) in [5.41, 5.74) is 0. The first-order valence-electron chi connectivity index (χ1n) is 13.1. The Labute approximate surface area is 217 Å². The Hall–Kier alpha value is -0.460. The molecule has 0 radical (unpaired) electrons. The average molecular weight is 527 g/mol. The van der Waals surface area contributed by atoms with Crippen LogP contribution in [0.15, 0.2) is 0 Å². The van der Waals surface area contributed by atoms with Crippen molar-refractivity contribution < 1.29 is 43.1 Å². The molecule has 35 heavy (non-hydrogen) atoms. The number of carboxylic acids is 1. The van der Waals surface area contributed by atoms with E-state index in [-0.39, 0.29) is 13.2 Å². The molecule has 0 spiro atoms. The Balaban J connectivity index is 3.01. The summed E-state index contributed by atoms with van der Waals surface area (Å²) in [7, 11) is 0. The van der Waals surface area contributed by atoms with Crippen LogP contribution in [0.2, 0.25) is 0 Å². The monoisotopic (exact) mass is 526 g/mol. The summed E-state index contributed by atoms with van der Waals surface area (Å²) in [6.45, 7) is 6.36. The van der Waals surface area contributed by atoms with E-state index in [0.717, 1.165) is 18.8 Å². The maximum absolute atomic E-state index is 10.2. The lowest BCUT2D eigenvalue weighted by Gasteiger charge is -2.08. The second-order valence-corrected chi connectivity index (χ2v) is 8.47. The molecule has 10 heteroatoms. The van der Waals surface area contributed by atoms with Crippen molar-refractivity contribution in [2.24, 2.45) is 0 Å². The summed E-state index contributed by atoms with van der Waals surface area (Å²) in [5, 5.41) is 8.40. The predicted molar refractivity (Wildman–Crippen MR) is 139 cm³/mol. The number of rotatable bonds is 31. The van der Waals surface area contributed by atoms with Crippen LogP contribution in [0.1, 0.15) is 57.8 Å². The molecule has 0 aliphatic heterocycles. The highest BCUT2D eigenvalue weighted by molar-refractivity contribution is 7.80. The second kappa shape index (κ2) is 31.6. The summed E-state index contributed by atoms with van der Waals surface area (Å²) < 4.78 is 37.4. The molecule has 0 bridgehead atoms. The number of carbonyl (C=O) groups is 1. The van der Waals surface area contributed by atoms with Crippen molar-refractivity contribution in [2.75, 3.05) is 98.2 Å². The second-order valence-electron chi connectivity index (χ2n) is 8.03. The first kappa shape index (κ1) is 34.5. The van der Waals surface area contributed by atoms with E-state index in [9.17, 15) is 4.79 Å². The van der Waals surface area contributed by atoms with Crippen LogP contribution in [0, 0.1) is 0 Å². The Kier molecular flexibility index (Phi) is 31.2. The summed E-state index contributed by atoms with van der Waals surface area (Å²) in [5.74, 6) is 0.0332. The molecule has 0 atom stereocenters. The first-order chi connectivity index (χ1) is 17.3. The Morgan fingerprint density at radius 1 is 0.429 bits per heavy atom. The fourth-order valence-corrected chi connectivity index (χ4v) is 3.26. The van der Waals surface area contributed by atoms with Crippen LogP contribution in [0.25, 0.3) is 0 Å². The number of ether oxygens (including phenoxy) is 7. The van der Waals surface area contributed by atoms with E-state index in [1.165, 1.54) is 51.4 Å². The highest BCUT2D eigenvalue weighted by Gasteiger charge is 1.97. The smallest absolute Gasteiger partial charge is 0.329 e. The first-order valence-corrected chi connectivity index (χ1v) is 13.8. The van der Waals surface area contributed by atoms with Crippen molar-refractivity contribution in [3.8, 4) is 0 Å². The lowest BCUT2D eigenvalue weighted by atomic mass is 10.1. The van der Waals surface area contributed by atoms with Gasteiger partial charge in [0.2, 0.25) is 0 Å². The third-order valence-corrected chi connectivity index (χ3v) is 5.22. The van der Waals surface area contributed by atoms with Gasteiger partial charge in [-0.15, -0.1) is 0 Å². The molecule has 0 aromatic rings. The van der Waals surface area contributed by atoms with Gasteiger partial charge in [-0.05, 0) is 18.6 Å². The Morgan fingerprint density at radius 2 is 0.714 bits per heavy atom. The van der Waals surface area contributed by atoms with Crippen molar-refractivity contribution in [2.45, 2.75) is 57.8 Å². The number of unbranched alkanes of at least 4 members (excludes halogenated alkanes) is 8. The molecule has 0 aliphatic carbocycles. The summed E-state index contributed by atoms with van der Waals surface area (Å²) >= 11 is 4.24. The van der Waals surface area contributed by atoms with Crippen molar-refractivity contribution in [3.05, 3.63) is 0 Å². The third-order valence-electron chi connectivity index (χ3n) is 4.90. The standard InChI is InChI=1S/C25H50O9S/c26-25(27)24-34-22-21-33-20-19-32-18-17-31-16-15-30-14-13-29-12-11-28-10-8-6-4-2-1-3-5-7-9-23-35/h35H,1-24H2,(H,26,27). The van der Waals surface area contributed by atoms with Gasteiger partial charge in [0.15, 0.2) is 0 Å². The van der Waals surface area contributed by atoms with Crippen LogP contribution >= 0.6 is 12.6 Å². The molecule has 0 saturated heterocycles. The highest BCUT2D eigenvalue weighted by Crippen LogP contribution is 2.10. The number of thiol groups is 1. The van der Waals surface area contributed by atoms with E-state index in [0.29, 0.717) is 72.7 Å². The zero-order valence-electron chi connectivity index (χ0n) is 21.6. The van der Waals surface area contributed by atoms with Gasteiger partial charge >= 0.3 is 5.97 Å². The molecule has 0 aliphatic rings. The number of hydrogen-bond donors (Lipinski definition) is 2. The van der Waals surface area contributed by atoms with Crippen molar-refractivity contribution in [1.82, 2.24) is 0 Å². The zero-order valence-corrected chi connectivity index (χ0v) is 22.5. The van der Waals surface area contributed by atoms with Gasteiger partial charge < -0.3 is 38.3 Å². The minimum Gasteiger partial charge on any atom is -0.480 e. The Bertz CT molecular complexity index is 416. The van der Waals surface area contributed by atoms with Gasteiger partial charge in [-0.3, -0.25) is 0 Å². The molecule has 0 aromatic heterocycles. The molecule has 210 valence electrons. The SMILES string of the molecule is O=C(O)COCCOCCOCCOCCOCCOCCOCCCCCCCCCCCS. The minimum absolute atomic E-state index is 0.256. The third kappa shape index (κ3) is 33.5. The largest absolute Gasteiger partial charge is 0.480 e. The van der Waals surface area contributed by atoms with E-state index >= 15 is 0 Å². The molecule has 0 unspecified atom stereocenters. The summed E-state index contributed by atoms with van der Waals surface area (Å²) in [6.07, 6.45) is 11.7. The average Bonchev–Trinajstić information content (AvgIpc) is 2.85. The molecule has 1 N–H and O–H groups in total. The fourth-order valence-electron chi connectivity index (χ4n) is 3.03. The lowest BCUT2D eigenvalue weighted by molar-refractivity contribution is -0.142.